The Morgan fingerprint density at radius 3 is 2.49 bits per heavy atom. The van der Waals surface area contributed by atoms with Crippen molar-refractivity contribution < 1.29 is 34.0 Å². The van der Waals surface area contributed by atoms with Crippen molar-refractivity contribution >= 4 is 20.5 Å². The number of methoxy groups -OCH3 is 1. The van der Waals surface area contributed by atoms with Crippen LogP contribution in [0.25, 0.3) is 0 Å². The zero-order valence-corrected chi connectivity index (χ0v) is 30.0. The second-order valence-corrected chi connectivity index (χ2v) is 20.3. The Hall–Kier alpha value is -2.76. The molecule has 2 fully saturated rings. The fourth-order valence-electron chi connectivity index (χ4n) is 7.21. The molecule has 0 bridgehead atoms. The van der Waals surface area contributed by atoms with Gasteiger partial charge >= 0.3 is 6.09 Å². The summed E-state index contributed by atoms with van der Waals surface area (Å²) in [5.74, 6) is 0.779. The molecule has 1 aliphatic carbocycles. The highest BCUT2D eigenvalue weighted by molar-refractivity contribution is 6.76. The number of hydrogen-bond acceptors (Lipinski definition) is 8. The number of benzene rings is 2. The molecule has 2 aromatic carbocycles. The van der Waals surface area contributed by atoms with Gasteiger partial charge in [-0.25, -0.2) is 4.79 Å². The van der Waals surface area contributed by atoms with Crippen LogP contribution in [0.2, 0.25) is 25.7 Å². The number of carbonyl (C=O) groups is 2. The van der Waals surface area contributed by atoms with Crippen molar-refractivity contribution in [2.45, 2.75) is 101 Å². The van der Waals surface area contributed by atoms with Gasteiger partial charge in [0.05, 0.1) is 18.3 Å². The van der Waals surface area contributed by atoms with Crippen LogP contribution in [-0.4, -0.2) is 80.7 Å². The summed E-state index contributed by atoms with van der Waals surface area (Å²) in [6, 6.07) is 16.4. The van der Waals surface area contributed by atoms with E-state index in [1.54, 1.807) is 7.11 Å². The smallest absolute Gasteiger partial charge is 0.408 e. The molecule has 3 N–H and O–H groups in total. The summed E-state index contributed by atoms with van der Waals surface area (Å²) in [6.45, 7) is 10.6. The molecule has 1 amide bonds. The molecule has 10 heteroatoms. The number of para-hydroxylation sites is 2. The fourth-order valence-corrected chi connectivity index (χ4v) is 7.93. The van der Waals surface area contributed by atoms with Gasteiger partial charge in [0, 0.05) is 52.3 Å². The highest BCUT2D eigenvalue weighted by atomic mass is 28.3. The number of rotatable bonds is 15. The first kappa shape index (κ1) is 37.1. The Kier molecular flexibility index (Phi) is 13.1. The summed E-state index contributed by atoms with van der Waals surface area (Å²) in [5.41, 5.74) is -0.743. The minimum atomic E-state index is -1.43. The number of aliphatic hydroxyl groups is 2. The Labute approximate surface area is 282 Å². The van der Waals surface area contributed by atoms with E-state index in [0.29, 0.717) is 51.3 Å². The van der Waals surface area contributed by atoms with Crippen molar-refractivity contribution in [3.05, 3.63) is 59.7 Å². The van der Waals surface area contributed by atoms with Crippen LogP contribution in [0.1, 0.15) is 62.5 Å². The van der Waals surface area contributed by atoms with E-state index >= 15 is 0 Å². The lowest BCUT2D eigenvalue weighted by Crippen LogP contribution is -2.71. The van der Waals surface area contributed by atoms with Gasteiger partial charge in [0.15, 0.2) is 0 Å². The van der Waals surface area contributed by atoms with E-state index < -0.39 is 31.5 Å². The number of hydrogen-bond donors (Lipinski definition) is 3. The third-order valence-corrected chi connectivity index (χ3v) is 11.7. The quantitative estimate of drug-likeness (QED) is 0.110. The topological polar surface area (TPSA) is 118 Å². The van der Waals surface area contributed by atoms with E-state index in [4.69, 9.17) is 14.2 Å². The number of aliphatic hydroxyl groups excluding tert-OH is 1. The maximum absolute atomic E-state index is 13.3. The molecule has 0 aromatic heterocycles. The van der Waals surface area contributed by atoms with Crippen LogP contribution in [0, 0.1) is 18.8 Å². The fraction of sp³-hybridized carbons (Fsp3) is 0.622. The molecule has 47 heavy (non-hydrogen) atoms. The number of alkyl carbamates (subject to hydrolysis) is 1. The number of piperidine rings is 1. The first-order chi connectivity index (χ1) is 22.4. The first-order valence-corrected chi connectivity index (χ1v) is 21.0. The molecule has 1 heterocycles. The van der Waals surface area contributed by atoms with Gasteiger partial charge in [0.1, 0.15) is 23.4 Å². The van der Waals surface area contributed by atoms with Gasteiger partial charge in [-0.15, -0.1) is 0 Å². The minimum Gasteiger partial charge on any atom is -0.457 e. The van der Waals surface area contributed by atoms with Crippen molar-refractivity contribution in [2.24, 2.45) is 11.8 Å². The molecular weight excluding hydrogens is 613 g/mol. The molecule has 5 atom stereocenters. The van der Waals surface area contributed by atoms with Gasteiger partial charge in [-0.2, -0.15) is 0 Å². The van der Waals surface area contributed by atoms with Gasteiger partial charge in [0.25, 0.3) is 0 Å². The molecule has 1 aliphatic heterocycles. The maximum Gasteiger partial charge on any atom is 0.408 e. The lowest BCUT2D eigenvalue weighted by atomic mass is 9.71. The van der Waals surface area contributed by atoms with E-state index in [-0.39, 0.29) is 18.3 Å². The van der Waals surface area contributed by atoms with Crippen LogP contribution >= 0.6 is 0 Å². The van der Waals surface area contributed by atoms with E-state index in [1.807, 2.05) is 55.5 Å². The highest BCUT2D eigenvalue weighted by Crippen LogP contribution is 2.46. The monoisotopic (exact) mass is 668 g/mol. The second-order valence-electron chi connectivity index (χ2n) is 14.7. The van der Waals surface area contributed by atoms with Crippen LogP contribution in [0.4, 0.5) is 4.79 Å². The lowest BCUT2D eigenvalue weighted by molar-refractivity contribution is -0.138. The number of ether oxygens (including phenoxy) is 3. The standard InChI is InChI=1S/C37H56N2O7Si/c1-28-13-6-8-16-32(28)46-33-17-9-7-15-31(33)36(43,20-10-11-22-44-2)30-14-12-21-39(26-30)37(25-29(27-40)18-19-34(37)41)38-35(42)45-23-24-47(3,4)5/h6-9,13,15-17,27,29-30,34,41,43H,10-12,14,18-26H2,1-5H3,(H,38,42)/t29?,30?,34-,36+,37-/m0/s1. The maximum atomic E-state index is 13.3. The van der Waals surface area contributed by atoms with Crippen LogP contribution in [0.15, 0.2) is 48.5 Å². The molecule has 1 saturated carbocycles. The molecule has 4 rings (SSSR count). The van der Waals surface area contributed by atoms with Crippen LogP contribution in [-0.2, 0) is 19.9 Å². The van der Waals surface area contributed by atoms with Gasteiger partial charge < -0.3 is 34.5 Å². The van der Waals surface area contributed by atoms with Crippen molar-refractivity contribution in [2.75, 3.05) is 33.4 Å². The average Bonchev–Trinajstić information content (AvgIpc) is 3.05. The summed E-state index contributed by atoms with van der Waals surface area (Å²) < 4.78 is 17.5. The van der Waals surface area contributed by atoms with Crippen molar-refractivity contribution in [3.8, 4) is 11.5 Å². The van der Waals surface area contributed by atoms with E-state index in [2.05, 4.69) is 29.9 Å². The van der Waals surface area contributed by atoms with Crippen molar-refractivity contribution in [1.82, 2.24) is 10.2 Å². The van der Waals surface area contributed by atoms with Gasteiger partial charge in [-0.05, 0) is 82.0 Å². The lowest BCUT2D eigenvalue weighted by Gasteiger charge is -2.54. The molecule has 260 valence electrons. The van der Waals surface area contributed by atoms with Crippen LogP contribution < -0.4 is 10.1 Å². The molecule has 9 nitrogen and oxygen atoms in total. The number of nitrogens with zero attached hydrogens (tertiary/aromatic N) is 1. The number of amides is 1. The Bertz CT molecular complexity index is 1320. The summed E-state index contributed by atoms with van der Waals surface area (Å²) in [6.07, 6.45) is 4.21. The van der Waals surface area contributed by atoms with Gasteiger partial charge in [-0.3, -0.25) is 4.90 Å². The predicted molar refractivity (Wildman–Crippen MR) is 186 cm³/mol. The van der Waals surface area contributed by atoms with Crippen molar-refractivity contribution in [3.63, 3.8) is 0 Å². The van der Waals surface area contributed by atoms with E-state index in [1.165, 1.54) is 0 Å². The van der Waals surface area contributed by atoms with Gasteiger partial charge in [0.2, 0.25) is 0 Å². The predicted octanol–water partition coefficient (Wildman–Crippen LogP) is 6.62. The van der Waals surface area contributed by atoms with Crippen LogP contribution in [0.5, 0.6) is 11.5 Å². The number of nitrogens with one attached hydrogen (secondary N) is 1. The number of aldehydes is 1. The SMILES string of the molecule is COCCCC[C@](O)(c1ccccc1Oc1ccccc1C)C1CCCN([C@@]2(NC(=O)OCC[Si](C)(C)C)CC(C=O)CC[C@@H]2O)C1. The zero-order chi connectivity index (χ0) is 34.1. The first-order valence-electron chi connectivity index (χ1n) is 17.3. The minimum absolute atomic E-state index is 0.245. The molecule has 2 aliphatic rings. The Morgan fingerprint density at radius 2 is 1.79 bits per heavy atom. The van der Waals surface area contributed by atoms with Crippen LogP contribution in [0.3, 0.4) is 0 Å². The van der Waals surface area contributed by atoms with E-state index in [0.717, 1.165) is 54.9 Å². The summed E-state index contributed by atoms with van der Waals surface area (Å²) in [7, 11) is 0.255. The molecule has 2 aromatic rings. The summed E-state index contributed by atoms with van der Waals surface area (Å²) >= 11 is 0. The normalized spacial score (nSPS) is 25.0. The van der Waals surface area contributed by atoms with Gasteiger partial charge in [-0.1, -0.05) is 56.0 Å². The summed E-state index contributed by atoms with van der Waals surface area (Å²) in [4.78, 5) is 27.5. The Morgan fingerprint density at radius 1 is 1.06 bits per heavy atom. The average molecular weight is 669 g/mol. The third-order valence-electron chi connectivity index (χ3n) is 10.0. The third kappa shape index (κ3) is 9.44. The number of carbonyl (C=O) groups excluding carboxylic acids is 2. The number of likely N-dealkylation sites (tertiary alicyclic amines) is 1. The van der Waals surface area contributed by atoms with Crippen molar-refractivity contribution in [1.29, 1.82) is 0 Å². The molecule has 0 radical (unpaired) electrons. The van der Waals surface area contributed by atoms with E-state index in [9.17, 15) is 19.8 Å². The summed E-state index contributed by atoms with van der Waals surface area (Å²) in [5, 5.41) is 27.6. The molecule has 2 unspecified atom stereocenters. The zero-order valence-electron chi connectivity index (χ0n) is 29.0. The molecule has 0 spiro atoms. The molecule has 1 saturated heterocycles. The Balaban J connectivity index is 1.67. The highest BCUT2D eigenvalue weighted by Gasteiger charge is 2.52. The molecular formula is C37H56N2O7Si. The number of aryl methyl sites for hydroxylation is 1. The second kappa shape index (κ2) is 16.6. The largest absolute Gasteiger partial charge is 0.457 e. The number of unbranched alkanes of at least 4 members (excludes halogenated alkanes) is 1.